The first kappa shape index (κ1) is 22.8. The zero-order valence-corrected chi connectivity index (χ0v) is 18.5. The van der Waals surface area contributed by atoms with Gasteiger partial charge in [-0.15, -0.1) is 24.0 Å². The molecule has 0 heterocycles. The molecule has 3 N–H and O–H groups in total. The summed E-state index contributed by atoms with van der Waals surface area (Å²) < 4.78 is 4.57. The molecule has 146 valence electrons. The first-order valence-corrected chi connectivity index (χ1v) is 8.46. The summed E-state index contributed by atoms with van der Waals surface area (Å²) >= 11 is 0. The zero-order valence-electron chi connectivity index (χ0n) is 16.1. The zero-order chi connectivity index (χ0) is 18.9. The fourth-order valence-electron chi connectivity index (χ4n) is 2.50. The van der Waals surface area contributed by atoms with Crippen LogP contribution in [0.4, 0.5) is 10.5 Å². The van der Waals surface area contributed by atoms with Crippen LogP contribution in [0.1, 0.15) is 22.3 Å². The summed E-state index contributed by atoms with van der Waals surface area (Å²) in [6, 6.07) is 14.0. The van der Waals surface area contributed by atoms with Crippen molar-refractivity contribution in [1.82, 2.24) is 10.6 Å². The summed E-state index contributed by atoms with van der Waals surface area (Å²) in [5.41, 5.74) is 5.55. The lowest BCUT2D eigenvalue weighted by atomic mass is 10.1. The van der Waals surface area contributed by atoms with Crippen LogP contribution in [0, 0.1) is 13.8 Å². The van der Waals surface area contributed by atoms with Crippen LogP contribution in [0.5, 0.6) is 0 Å². The second-order valence-electron chi connectivity index (χ2n) is 6.02. The van der Waals surface area contributed by atoms with Crippen molar-refractivity contribution in [3.63, 3.8) is 0 Å². The average Bonchev–Trinajstić information content (AvgIpc) is 2.64. The van der Waals surface area contributed by atoms with Gasteiger partial charge in [-0.25, -0.2) is 4.79 Å². The highest BCUT2D eigenvalue weighted by Crippen LogP contribution is 2.11. The minimum Gasteiger partial charge on any atom is -0.453 e. The van der Waals surface area contributed by atoms with Crippen LogP contribution in [0.15, 0.2) is 47.5 Å². The monoisotopic (exact) mass is 482 g/mol. The van der Waals surface area contributed by atoms with E-state index in [0.717, 1.165) is 11.5 Å². The molecule has 1 amide bonds. The highest BCUT2D eigenvalue weighted by Gasteiger charge is 2.03. The first-order valence-electron chi connectivity index (χ1n) is 8.46. The van der Waals surface area contributed by atoms with Gasteiger partial charge in [-0.05, 0) is 42.7 Å². The van der Waals surface area contributed by atoms with Gasteiger partial charge in [-0.3, -0.25) is 10.3 Å². The number of ether oxygens (including phenoxy) is 1. The predicted octanol–water partition coefficient (Wildman–Crippen LogP) is 3.96. The van der Waals surface area contributed by atoms with E-state index in [9.17, 15) is 4.79 Å². The third-order valence-corrected chi connectivity index (χ3v) is 4.01. The maximum atomic E-state index is 11.2. The van der Waals surface area contributed by atoms with Crippen molar-refractivity contribution in [2.75, 3.05) is 19.5 Å². The average molecular weight is 482 g/mol. The Morgan fingerprint density at radius 2 is 1.70 bits per heavy atom. The molecular formula is C20H27IN4O2. The number of hydrogen-bond donors (Lipinski definition) is 3. The Morgan fingerprint density at radius 3 is 2.30 bits per heavy atom. The summed E-state index contributed by atoms with van der Waals surface area (Å²) in [5.74, 6) is 0.738. The number of carbonyl (C=O) groups excluding carboxylic acids is 1. The topological polar surface area (TPSA) is 74.8 Å². The Morgan fingerprint density at radius 1 is 1.04 bits per heavy atom. The molecule has 7 heteroatoms. The number of rotatable bonds is 5. The molecule has 2 aromatic rings. The molecule has 0 unspecified atom stereocenters. The molecular weight excluding hydrogens is 455 g/mol. The van der Waals surface area contributed by atoms with E-state index >= 15 is 0 Å². The quantitative estimate of drug-likeness (QED) is 0.343. The lowest BCUT2D eigenvalue weighted by Crippen LogP contribution is -2.36. The van der Waals surface area contributed by atoms with Crippen LogP contribution < -0.4 is 16.0 Å². The summed E-state index contributed by atoms with van der Waals surface area (Å²) in [6.07, 6.45) is -0.480. The van der Waals surface area contributed by atoms with Crippen LogP contribution in [0.3, 0.4) is 0 Å². The van der Waals surface area contributed by atoms with Crippen LogP contribution in [-0.2, 0) is 17.8 Å². The molecule has 0 radical (unpaired) electrons. The Labute approximate surface area is 177 Å². The Hall–Kier alpha value is -2.29. The van der Waals surface area contributed by atoms with Crippen LogP contribution >= 0.6 is 24.0 Å². The molecule has 6 nitrogen and oxygen atoms in total. The number of carbonyl (C=O) groups is 1. The van der Waals surface area contributed by atoms with Crippen molar-refractivity contribution in [3.05, 3.63) is 64.7 Å². The van der Waals surface area contributed by atoms with E-state index in [1.807, 2.05) is 24.3 Å². The fourth-order valence-corrected chi connectivity index (χ4v) is 2.50. The summed E-state index contributed by atoms with van der Waals surface area (Å²) in [5, 5.41) is 9.24. The first-order chi connectivity index (χ1) is 12.5. The standard InChI is InChI=1S/C20H26N4O2.HI/c1-14-5-8-17(15(2)11-14)13-23-19(21-3)22-12-16-6-9-18(10-7-16)24-20(25)26-4;/h5-11H,12-13H2,1-4H3,(H,24,25)(H2,21,22,23);1H. The number of aliphatic imine (C=N–C) groups is 1. The molecule has 0 saturated heterocycles. The molecule has 0 atom stereocenters. The number of amides is 1. The number of hydrogen-bond acceptors (Lipinski definition) is 3. The number of nitrogens with one attached hydrogen (secondary N) is 3. The maximum absolute atomic E-state index is 11.2. The largest absolute Gasteiger partial charge is 0.453 e. The van der Waals surface area contributed by atoms with Crippen LogP contribution in [0.2, 0.25) is 0 Å². The number of aryl methyl sites for hydroxylation is 2. The van der Waals surface area contributed by atoms with E-state index in [1.54, 1.807) is 7.05 Å². The maximum Gasteiger partial charge on any atom is 0.411 e. The SMILES string of the molecule is CN=C(NCc1ccc(NC(=O)OC)cc1)NCc1ccc(C)cc1C.I. The molecule has 0 saturated carbocycles. The van der Waals surface area contributed by atoms with Crippen LogP contribution in [0.25, 0.3) is 0 Å². The van der Waals surface area contributed by atoms with Crippen molar-refractivity contribution in [3.8, 4) is 0 Å². The number of benzene rings is 2. The second kappa shape index (κ2) is 11.4. The highest BCUT2D eigenvalue weighted by atomic mass is 127. The van der Waals surface area contributed by atoms with Gasteiger partial charge < -0.3 is 15.4 Å². The molecule has 2 aromatic carbocycles. The Bertz CT molecular complexity index is 776. The Kier molecular flexibility index (Phi) is 9.63. The number of nitrogens with zero attached hydrogens (tertiary/aromatic N) is 1. The van der Waals surface area contributed by atoms with E-state index < -0.39 is 6.09 Å². The molecule has 27 heavy (non-hydrogen) atoms. The van der Waals surface area contributed by atoms with Crippen molar-refractivity contribution < 1.29 is 9.53 Å². The van der Waals surface area contributed by atoms with Gasteiger partial charge in [0.15, 0.2) is 5.96 Å². The van der Waals surface area contributed by atoms with E-state index in [2.05, 4.69) is 57.7 Å². The van der Waals surface area contributed by atoms with Crippen molar-refractivity contribution in [2.24, 2.45) is 4.99 Å². The third-order valence-electron chi connectivity index (χ3n) is 4.01. The van der Waals surface area contributed by atoms with E-state index in [0.29, 0.717) is 18.8 Å². The molecule has 0 fully saturated rings. The van der Waals surface area contributed by atoms with Crippen molar-refractivity contribution in [2.45, 2.75) is 26.9 Å². The second-order valence-corrected chi connectivity index (χ2v) is 6.02. The van der Waals surface area contributed by atoms with Gasteiger partial charge in [0.05, 0.1) is 7.11 Å². The van der Waals surface area contributed by atoms with Gasteiger partial charge in [-0.2, -0.15) is 0 Å². The predicted molar refractivity (Wildman–Crippen MR) is 121 cm³/mol. The van der Waals surface area contributed by atoms with Gasteiger partial charge in [0.1, 0.15) is 0 Å². The van der Waals surface area contributed by atoms with Gasteiger partial charge in [0, 0.05) is 25.8 Å². The lowest BCUT2D eigenvalue weighted by Gasteiger charge is -2.14. The molecule has 0 aliphatic carbocycles. The summed E-state index contributed by atoms with van der Waals surface area (Å²) in [6.45, 7) is 5.56. The van der Waals surface area contributed by atoms with E-state index in [-0.39, 0.29) is 24.0 Å². The van der Waals surface area contributed by atoms with Gasteiger partial charge >= 0.3 is 6.09 Å². The minimum atomic E-state index is -0.480. The van der Waals surface area contributed by atoms with Crippen molar-refractivity contribution in [1.29, 1.82) is 0 Å². The van der Waals surface area contributed by atoms with Gasteiger partial charge in [0.2, 0.25) is 0 Å². The molecule has 0 aliphatic heterocycles. The minimum absolute atomic E-state index is 0. The molecule has 2 rings (SSSR count). The number of anilines is 1. The smallest absolute Gasteiger partial charge is 0.411 e. The summed E-state index contributed by atoms with van der Waals surface area (Å²) in [4.78, 5) is 15.4. The van der Waals surface area contributed by atoms with E-state index in [4.69, 9.17) is 0 Å². The molecule has 0 bridgehead atoms. The third kappa shape index (κ3) is 7.46. The number of methoxy groups -OCH3 is 1. The molecule has 0 aromatic heterocycles. The lowest BCUT2D eigenvalue weighted by molar-refractivity contribution is 0.187. The fraction of sp³-hybridized carbons (Fsp3) is 0.300. The van der Waals surface area contributed by atoms with Gasteiger partial charge in [0.25, 0.3) is 0 Å². The van der Waals surface area contributed by atoms with E-state index in [1.165, 1.54) is 23.8 Å². The highest BCUT2D eigenvalue weighted by molar-refractivity contribution is 14.0. The Balaban J connectivity index is 0.00000364. The summed E-state index contributed by atoms with van der Waals surface area (Å²) in [7, 11) is 3.09. The normalized spacial score (nSPS) is 10.6. The number of halogens is 1. The number of guanidine groups is 1. The van der Waals surface area contributed by atoms with Crippen LogP contribution in [-0.4, -0.2) is 26.2 Å². The molecule has 0 aliphatic rings. The van der Waals surface area contributed by atoms with Crippen molar-refractivity contribution >= 4 is 41.7 Å². The molecule has 0 spiro atoms. The van der Waals surface area contributed by atoms with Gasteiger partial charge in [-0.1, -0.05) is 35.9 Å².